The Morgan fingerprint density at radius 1 is 1.25 bits per heavy atom. The molecular formula is C17H25ClN2O3S. The van der Waals surface area contributed by atoms with Crippen LogP contribution in [0.1, 0.15) is 43.2 Å². The summed E-state index contributed by atoms with van der Waals surface area (Å²) >= 11 is 6.27. The lowest BCUT2D eigenvalue weighted by molar-refractivity contribution is -0.120. The Kier molecular flexibility index (Phi) is 6.15. The van der Waals surface area contributed by atoms with Gasteiger partial charge in [-0.05, 0) is 43.9 Å². The van der Waals surface area contributed by atoms with Crippen LogP contribution in [0.3, 0.4) is 0 Å². The topological polar surface area (TPSA) is 66.5 Å². The van der Waals surface area contributed by atoms with E-state index >= 15 is 0 Å². The number of rotatable bonds is 5. The molecule has 0 bridgehead atoms. The van der Waals surface area contributed by atoms with Crippen LogP contribution in [0.4, 0.5) is 5.69 Å². The van der Waals surface area contributed by atoms with Gasteiger partial charge in [0.1, 0.15) is 6.54 Å². The number of nitrogens with zero attached hydrogens (tertiary/aromatic N) is 1. The molecule has 0 atom stereocenters. The average Bonchev–Trinajstić information content (AvgIpc) is 2.45. The number of carbonyl (C=O) groups is 1. The highest BCUT2D eigenvalue weighted by atomic mass is 35.5. The van der Waals surface area contributed by atoms with Crippen LogP contribution in [0.5, 0.6) is 0 Å². The maximum atomic E-state index is 12.4. The van der Waals surface area contributed by atoms with Crippen molar-refractivity contribution >= 4 is 33.2 Å². The molecule has 1 N–H and O–H groups in total. The zero-order valence-electron chi connectivity index (χ0n) is 14.4. The summed E-state index contributed by atoms with van der Waals surface area (Å²) < 4.78 is 25.6. The molecule has 1 aliphatic rings. The summed E-state index contributed by atoms with van der Waals surface area (Å²) in [6.45, 7) is 3.44. The minimum absolute atomic E-state index is 0.141. The number of anilines is 1. The lowest BCUT2D eigenvalue weighted by atomic mass is 9.95. The van der Waals surface area contributed by atoms with E-state index in [1.807, 2.05) is 13.0 Å². The normalized spacial score (nSPS) is 16.0. The van der Waals surface area contributed by atoms with Gasteiger partial charge in [0, 0.05) is 6.04 Å². The van der Waals surface area contributed by atoms with Gasteiger partial charge in [-0.25, -0.2) is 8.42 Å². The maximum Gasteiger partial charge on any atom is 0.240 e. The van der Waals surface area contributed by atoms with Gasteiger partial charge in [0.15, 0.2) is 0 Å². The molecule has 0 radical (unpaired) electrons. The van der Waals surface area contributed by atoms with Gasteiger partial charge in [-0.2, -0.15) is 0 Å². The lowest BCUT2D eigenvalue weighted by Crippen LogP contribution is -2.44. The number of hydrogen-bond acceptors (Lipinski definition) is 3. The fraction of sp³-hybridized carbons (Fsp3) is 0.588. The molecule has 0 unspecified atom stereocenters. The van der Waals surface area contributed by atoms with Gasteiger partial charge in [0.05, 0.1) is 17.0 Å². The third-order valence-corrected chi connectivity index (χ3v) is 5.71. The van der Waals surface area contributed by atoms with Crippen LogP contribution in [-0.4, -0.2) is 33.2 Å². The van der Waals surface area contributed by atoms with Crippen LogP contribution in [-0.2, 0) is 14.8 Å². The minimum Gasteiger partial charge on any atom is -0.352 e. The van der Waals surface area contributed by atoms with Crippen molar-refractivity contribution in [3.05, 3.63) is 28.3 Å². The molecule has 0 aliphatic heterocycles. The quantitative estimate of drug-likeness (QED) is 0.863. The minimum atomic E-state index is -3.62. The molecular weight excluding hydrogens is 348 g/mol. The molecule has 7 heteroatoms. The van der Waals surface area contributed by atoms with Crippen molar-refractivity contribution in [3.8, 4) is 0 Å². The number of carbonyl (C=O) groups excluding carboxylic acids is 1. The second kappa shape index (κ2) is 7.74. The molecule has 1 amide bonds. The van der Waals surface area contributed by atoms with Gasteiger partial charge in [-0.1, -0.05) is 36.9 Å². The SMILES string of the molecule is Cc1cc(C)c(N(CC(=O)NC2CCCCC2)S(C)(=O)=O)c(Cl)c1. The summed E-state index contributed by atoms with van der Waals surface area (Å²) in [4.78, 5) is 12.4. The maximum absolute atomic E-state index is 12.4. The van der Waals surface area contributed by atoms with E-state index in [9.17, 15) is 13.2 Å². The second-order valence-electron chi connectivity index (χ2n) is 6.58. The zero-order valence-corrected chi connectivity index (χ0v) is 16.0. The predicted molar refractivity (Wildman–Crippen MR) is 98.1 cm³/mol. The number of sulfonamides is 1. The van der Waals surface area contributed by atoms with E-state index in [0.29, 0.717) is 10.7 Å². The van der Waals surface area contributed by atoms with Gasteiger partial charge in [-0.15, -0.1) is 0 Å². The molecule has 134 valence electrons. The summed E-state index contributed by atoms with van der Waals surface area (Å²) in [6, 6.07) is 3.71. The monoisotopic (exact) mass is 372 g/mol. The van der Waals surface area contributed by atoms with Crippen molar-refractivity contribution in [2.45, 2.75) is 52.0 Å². The fourth-order valence-electron chi connectivity index (χ4n) is 3.24. The van der Waals surface area contributed by atoms with Crippen molar-refractivity contribution in [2.24, 2.45) is 0 Å². The van der Waals surface area contributed by atoms with Crippen LogP contribution < -0.4 is 9.62 Å². The van der Waals surface area contributed by atoms with Gasteiger partial charge in [0.2, 0.25) is 15.9 Å². The molecule has 0 saturated heterocycles. The summed E-state index contributed by atoms with van der Waals surface area (Å²) in [5, 5.41) is 3.29. The van der Waals surface area contributed by atoms with E-state index in [1.54, 1.807) is 13.0 Å². The van der Waals surface area contributed by atoms with E-state index in [-0.39, 0.29) is 18.5 Å². The Bertz CT molecular complexity index is 690. The van der Waals surface area contributed by atoms with Crippen LogP contribution in [0.2, 0.25) is 5.02 Å². The standard InChI is InChI=1S/C17H25ClN2O3S/c1-12-9-13(2)17(15(18)10-12)20(24(3,22)23)11-16(21)19-14-7-5-4-6-8-14/h9-10,14H,4-8,11H2,1-3H3,(H,19,21). The van der Waals surface area contributed by atoms with E-state index in [4.69, 9.17) is 11.6 Å². The molecule has 1 aromatic carbocycles. The molecule has 0 aromatic heterocycles. The molecule has 2 rings (SSSR count). The van der Waals surface area contributed by atoms with E-state index < -0.39 is 10.0 Å². The number of nitrogens with one attached hydrogen (secondary N) is 1. The highest BCUT2D eigenvalue weighted by Crippen LogP contribution is 2.32. The van der Waals surface area contributed by atoms with Crippen LogP contribution in [0.25, 0.3) is 0 Å². The summed E-state index contributed by atoms with van der Waals surface area (Å²) in [5.74, 6) is -0.289. The van der Waals surface area contributed by atoms with Crippen LogP contribution in [0.15, 0.2) is 12.1 Å². The Balaban J connectivity index is 2.22. The average molecular weight is 373 g/mol. The van der Waals surface area contributed by atoms with Crippen molar-refractivity contribution < 1.29 is 13.2 Å². The first-order valence-corrected chi connectivity index (χ1v) is 10.4. The first kappa shape index (κ1) is 19.1. The third kappa shape index (κ3) is 4.86. The number of hydrogen-bond donors (Lipinski definition) is 1. The Hall–Kier alpha value is -1.27. The predicted octanol–water partition coefficient (Wildman–Crippen LogP) is 3.17. The molecule has 1 saturated carbocycles. The lowest BCUT2D eigenvalue weighted by Gasteiger charge is -2.27. The molecule has 1 fully saturated rings. The molecule has 24 heavy (non-hydrogen) atoms. The van der Waals surface area contributed by atoms with Gasteiger partial charge in [0.25, 0.3) is 0 Å². The fourth-order valence-corrected chi connectivity index (χ4v) is 4.64. The summed E-state index contributed by atoms with van der Waals surface area (Å²) in [5.41, 5.74) is 2.06. The largest absolute Gasteiger partial charge is 0.352 e. The van der Waals surface area contributed by atoms with Crippen molar-refractivity contribution in [1.82, 2.24) is 5.32 Å². The van der Waals surface area contributed by atoms with E-state index in [2.05, 4.69) is 5.32 Å². The second-order valence-corrected chi connectivity index (χ2v) is 8.90. The van der Waals surface area contributed by atoms with Gasteiger partial charge >= 0.3 is 0 Å². The molecule has 0 spiro atoms. The number of amides is 1. The van der Waals surface area contributed by atoms with Gasteiger partial charge < -0.3 is 5.32 Å². The molecule has 1 aromatic rings. The van der Waals surface area contributed by atoms with Crippen molar-refractivity contribution in [1.29, 1.82) is 0 Å². The van der Waals surface area contributed by atoms with Crippen molar-refractivity contribution in [2.75, 3.05) is 17.1 Å². The smallest absolute Gasteiger partial charge is 0.240 e. The highest BCUT2D eigenvalue weighted by molar-refractivity contribution is 7.92. The Morgan fingerprint density at radius 3 is 2.42 bits per heavy atom. The highest BCUT2D eigenvalue weighted by Gasteiger charge is 2.26. The Morgan fingerprint density at radius 2 is 1.88 bits per heavy atom. The molecule has 5 nitrogen and oxygen atoms in total. The zero-order chi connectivity index (χ0) is 17.9. The summed E-state index contributed by atoms with van der Waals surface area (Å²) in [6.07, 6.45) is 6.40. The summed E-state index contributed by atoms with van der Waals surface area (Å²) in [7, 11) is -3.62. The third-order valence-electron chi connectivity index (χ3n) is 4.31. The van der Waals surface area contributed by atoms with E-state index in [0.717, 1.165) is 47.4 Å². The number of benzene rings is 1. The molecule has 0 heterocycles. The first-order chi connectivity index (χ1) is 11.2. The van der Waals surface area contributed by atoms with Crippen molar-refractivity contribution in [3.63, 3.8) is 0 Å². The number of halogens is 1. The van der Waals surface area contributed by atoms with Crippen LogP contribution >= 0.6 is 11.6 Å². The van der Waals surface area contributed by atoms with Gasteiger partial charge in [-0.3, -0.25) is 9.10 Å². The molecule has 1 aliphatic carbocycles. The first-order valence-electron chi connectivity index (χ1n) is 8.22. The Labute approximate surface area is 149 Å². The van der Waals surface area contributed by atoms with Crippen LogP contribution in [0, 0.1) is 13.8 Å². The number of aryl methyl sites for hydroxylation is 2. The van der Waals surface area contributed by atoms with E-state index in [1.165, 1.54) is 6.42 Å².